The number of aliphatic hydroxyl groups is 1. The summed E-state index contributed by atoms with van der Waals surface area (Å²) in [6.45, 7) is 11.9. The number of aliphatic hydroxyl groups excluding tert-OH is 1. The van der Waals surface area contributed by atoms with Crippen LogP contribution in [0, 0.1) is 17.8 Å². The average Bonchev–Trinajstić information content (AvgIpc) is 0.934. The van der Waals surface area contributed by atoms with Gasteiger partial charge in [0.1, 0.15) is 19.3 Å². The lowest BCUT2D eigenvalue weighted by Gasteiger charge is -2.21. The molecule has 101 heavy (non-hydrogen) atoms. The van der Waals surface area contributed by atoms with Crippen molar-refractivity contribution in [3.63, 3.8) is 0 Å². The fourth-order valence-electron chi connectivity index (χ4n) is 12.7. The van der Waals surface area contributed by atoms with E-state index in [4.69, 9.17) is 37.0 Å². The van der Waals surface area contributed by atoms with Crippen molar-refractivity contribution in [1.29, 1.82) is 0 Å². The molecule has 17 nitrogen and oxygen atoms in total. The zero-order chi connectivity index (χ0) is 74.4. The van der Waals surface area contributed by atoms with Crippen LogP contribution in [0.25, 0.3) is 0 Å². The maximum atomic E-state index is 13.1. The van der Waals surface area contributed by atoms with Gasteiger partial charge in [0.25, 0.3) is 0 Å². The van der Waals surface area contributed by atoms with E-state index in [2.05, 4.69) is 48.5 Å². The monoisotopic (exact) mass is 1480 g/mol. The smallest absolute Gasteiger partial charge is 0.462 e. The summed E-state index contributed by atoms with van der Waals surface area (Å²) in [6, 6.07) is 0. The number of hydrogen-bond acceptors (Lipinski definition) is 15. The fourth-order valence-corrected chi connectivity index (χ4v) is 14.2. The van der Waals surface area contributed by atoms with Crippen LogP contribution in [0.15, 0.2) is 0 Å². The molecule has 0 aromatic heterocycles. The average molecular weight is 1480 g/mol. The minimum absolute atomic E-state index is 0.106. The van der Waals surface area contributed by atoms with Crippen LogP contribution in [-0.2, 0) is 65.4 Å². The Labute approximate surface area is 619 Å². The highest BCUT2D eigenvalue weighted by atomic mass is 31.2. The van der Waals surface area contributed by atoms with Gasteiger partial charge in [-0.3, -0.25) is 37.3 Å². The van der Waals surface area contributed by atoms with Crippen molar-refractivity contribution in [3.05, 3.63) is 0 Å². The first-order chi connectivity index (χ1) is 48.7. The molecule has 0 aliphatic heterocycles. The molecule has 19 heteroatoms. The van der Waals surface area contributed by atoms with Crippen molar-refractivity contribution in [2.75, 3.05) is 39.6 Å². The zero-order valence-corrected chi connectivity index (χ0v) is 68.2. The van der Waals surface area contributed by atoms with E-state index < -0.39 is 97.5 Å². The first kappa shape index (κ1) is 99.1. The number of carbonyl (C=O) groups is 4. The zero-order valence-electron chi connectivity index (χ0n) is 66.4. The van der Waals surface area contributed by atoms with Gasteiger partial charge in [-0.05, 0) is 43.4 Å². The number of esters is 4. The summed E-state index contributed by atoms with van der Waals surface area (Å²) in [6.07, 6.45) is 61.3. The van der Waals surface area contributed by atoms with Crippen LogP contribution < -0.4 is 0 Å². The maximum Gasteiger partial charge on any atom is 0.472 e. The molecule has 0 saturated carbocycles. The normalized spacial score (nSPS) is 14.0. The molecule has 2 unspecified atom stereocenters. The highest BCUT2D eigenvalue weighted by Gasteiger charge is 2.30. The Hall–Kier alpha value is -1.94. The summed E-state index contributed by atoms with van der Waals surface area (Å²) in [7, 11) is -9.92. The lowest BCUT2D eigenvalue weighted by atomic mass is 10.0. The molecular formula is C82H160O17P2. The Morgan fingerprint density at radius 3 is 0.673 bits per heavy atom. The van der Waals surface area contributed by atoms with E-state index in [1.807, 2.05) is 0 Å². The number of phosphoric ester groups is 2. The SMILES string of the molecule is CCCCCCCCCCCCCCCCCCCCC(=O)OC[C@H](COP(=O)(O)OC[C@@H](O)COP(=O)(O)OC[C@@H](COC(=O)CCCCCCCCC(C)C)OC(=O)CCCCCCCCCCCCCCC(C)C)OC(=O)CCCCCCCCCCCCCCCCCCC(C)C. The number of carbonyl (C=O) groups excluding carboxylic acids is 4. The molecule has 0 heterocycles. The van der Waals surface area contributed by atoms with Crippen LogP contribution in [0.2, 0.25) is 0 Å². The van der Waals surface area contributed by atoms with E-state index in [1.54, 1.807) is 0 Å². The van der Waals surface area contributed by atoms with E-state index in [-0.39, 0.29) is 25.7 Å². The van der Waals surface area contributed by atoms with Gasteiger partial charge in [0.15, 0.2) is 12.2 Å². The van der Waals surface area contributed by atoms with E-state index in [0.29, 0.717) is 31.6 Å². The number of rotatable bonds is 80. The van der Waals surface area contributed by atoms with E-state index in [1.165, 1.54) is 231 Å². The summed E-state index contributed by atoms with van der Waals surface area (Å²) in [5, 5.41) is 10.6. The molecular weight excluding hydrogens is 1320 g/mol. The minimum Gasteiger partial charge on any atom is -0.462 e. The van der Waals surface area contributed by atoms with Gasteiger partial charge >= 0.3 is 39.5 Å². The Balaban J connectivity index is 5.22. The lowest BCUT2D eigenvalue weighted by Crippen LogP contribution is -2.30. The summed E-state index contributed by atoms with van der Waals surface area (Å²) >= 11 is 0. The van der Waals surface area contributed by atoms with Crippen LogP contribution in [0.1, 0.15) is 427 Å². The van der Waals surface area contributed by atoms with Crippen LogP contribution >= 0.6 is 15.6 Å². The molecule has 3 N–H and O–H groups in total. The van der Waals surface area contributed by atoms with Crippen LogP contribution in [0.3, 0.4) is 0 Å². The maximum absolute atomic E-state index is 13.1. The summed E-state index contributed by atoms with van der Waals surface area (Å²) < 4.78 is 68.7. The highest BCUT2D eigenvalue weighted by Crippen LogP contribution is 2.45. The second-order valence-corrected chi connectivity index (χ2v) is 33.8. The molecule has 5 atom stereocenters. The predicted octanol–water partition coefficient (Wildman–Crippen LogP) is 24.5. The van der Waals surface area contributed by atoms with Gasteiger partial charge in [-0.25, -0.2) is 9.13 Å². The third-order valence-corrected chi connectivity index (χ3v) is 21.0. The third-order valence-electron chi connectivity index (χ3n) is 19.1. The van der Waals surface area contributed by atoms with Crippen LogP contribution in [0.5, 0.6) is 0 Å². The molecule has 600 valence electrons. The van der Waals surface area contributed by atoms with Crippen LogP contribution in [-0.4, -0.2) is 96.7 Å². The summed E-state index contributed by atoms with van der Waals surface area (Å²) in [5.41, 5.74) is 0. The molecule has 0 bridgehead atoms. The second kappa shape index (κ2) is 72.3. The summed E-state index contributed by atoms with van der Waals surface area (Å²) in [5.74, 6) is 0.154. The standard InChI is InChI=1S/C82H160O17P2/c1-8-9-10-11-12-13-14-15-16-17-18-22-25-31-36-41-49-56-63-79(84)92-69-77(98-81(86)65-58-51-42-37-32-26-23-20-19-21-24-29-34-39-46-53-60-73(2)3)71-96-100(88,89)94-67-76(83)68-95-101(90,91)97-72-78(70-93-80(85)64-57-50-45-44-48-55-62-75(6)7)99-82(87)66-59-52-43-38-33-28-27-30-35-40-47-54-61-74(4)5/h73-78,83H,8-72H2,1-7H3,(H,88,89)(H,90,91)/t76-,77-,78-/m1/s1. The molecule has 0 amide bonds. The van der Waals surface area contributed by atoms with Gasteiger partial charge < -0.3 is 33.8 Å². The number of unbranched alkanes of at least 4 members (excludes halogenated alkanes) is 48. The third kappa shape index (κ3) is 76.1. The van der Waals surface area contributed by atoms with Gasteiger partial charge in [0.2, 0.25) is 0 Å². The van der Waals surface area contributed by atoms with Crippen molar-refractivity contribution in [1.82, 2.24) is 0 Å². The molecule has 0 aromatic carbocycles. The molecule has 0 aliphatic carbocycles. The van der Waals surface area contributed by atoms with Gasteiger partial charge in [0, 0.05) is 25.7 Å². The Morgan fingerprint density at radius 1 is 0.267 bits per heavy atom. The van der Waals surface area contributed by atoms with Crippen molar-refractivity contribution >= 4 is 39.5 Å². The Bertz CT molecular complexity index is 1960. The van der Waals surface area contributed by atoms with E-state index in [0.717, 1.165) is 108 Å². The molecule has 0 radical (unpaired) electrons. The Morgan fingerprint density at radius 2 is 0.455 bits per heavy atom. The van der Waals surface area contributed by atoms with Gasteiger partial charge in [-0.2, -0.15) is 0 Å². The topological polar surface area (TPSA) is 237 Å². The fraction of sp³-hybridized carbons (Fsp3) is 0.951. The van der Waals surface area contributed by atoms with Gasteiger partial charge in [-0.15, -0.1) is 0 Å². The second-order valence-electron chi connectivity index (χ2n) is 30.9. The molecule has 0 rings (SSSR count). The quantitative estimate of drug-likeness (QED) is 0.0222. The van der Waals surface area contributed by atoms with Crippen LogP contribution in [0.4, 0.5) is 0 Å². The number of hydrogen-bond donors (Lipinski definition) is 3. The van der Waals surface area contributed by atoms with Crippen molar-refractivity contribution in [2.45, 2.75) is 446 Å². The molecule has 0 aliphatic rings. The number of phosphoric acid groups is 2. The highest BCUT2D eigenvalue weighted by molar-refractivity contribution is 7.47. The largest absolute Gasteiger partial charge is 0.472 e. The van der Waals surface area contributed by atoms with Crippen molar-refractivity contribution in [2.24, 2.45) is 17.8 Å². The minimum atomic E-state index is -4.96. The van der Waals surface area contributed by atoms with Crippen molar-refractivity contribution in [3.8, 4) is 0 Å². The summed E-state index contributed by atoms with van der Waals surface area (Å²) in [4.78, 5) is 73.0. The predicted molar refractivity (Wildman–Crippen MR) is 414 cm³/mol. The molecule has 0 aromatic rings. The van der Waals surface area contributed by atoms with E-state index >= 15 is 0 Å². The first-order valence-electron chi connectivity index (χ1n) is 42.3. The Kier molecular flexibility index (Phi) is 70.9. The first-order valence-corrected chi connectivity index (χ1v) is 45.3. The van der Waals surface area contributed by atoms with Crippen molar-refractivity contribution < 1.29 is 80.2 Å². The van der Waals surface area contributed by atoms with Gasteiger partial charge in [-0.1, -0.05) is 376 Å². The molecule has 0 fully saturated rings. The number of ether oxygens (including phenoxy) is 4. The molecule has 0 saturated heterocycles. The lowest BCUT2D eigenvalue weighted by molar-refractivity contribution is -0.161. The van der Waals surface area contributed by atoms with E-state index in [9.17, 15) is 43.2 Å². The van der Waals surface area contributed by atoms with Gasteiger partial charge in [0.05, 0.1) is 26.4 Å². The molecule has 0 spiro atoms.